The number of methoxy groups -OCH3 is 1. The summed E-state index contributed by atoms with van der Waals surface area (Å²) in [4.78, 5) is 24.9. The second-order valence-corrected chi connectivity index (χ2v) is 8.83. The van der Waals surface area contributed by atoms with Gasteiger partial charge in [-0.2, -0.15) is 0 Å². The van der Waals surface area contributed by atoms with Gasteiger partial charge < -0.3 is 10.1 Å². The fourth-order valence-corrected chi connectivity index (χ4v) is 4.45. The molecule has 1 heterocycles. The van der Waals surface area contributed by atoms with Gasteiger partial charge in [0.1, 0.15) is 5.75 Å². The third-order valence-electron chi connectivity index (χ3n) is 5.44. The Bertz CT molecular complexity index is 1290. The van der Waals surface area contributed by atoms with E-state index in [0.717, 1.165) is 16.8 Å². The number of carbonyl (C=O) groups is 2. The van der Waals surface area contributed by atoms with Crippen LogP contribution in [0.5, 0.6) is 5.75 Å². The molecule has 0 spiro atoms. The topological polar surface area (TPSA) is 86.1 Å². The number of benzene rings is 3. The van der Waals surface area contributed by atoms with Crippen molar-refractivity contribution in [2.75, 3.05) is 12.9 Å². The molecule has 1 aromatic heterocycles. The Morgan fingerprint density at radius 1 is 0.943 bits per heavy atom. The Morgan fingerprint density at radius 2 is 1.60 bits per heavy atom. The van der Waals surface area contributed by atoms with E-state index < -0.39 is 6.04 Å². The van der Waals surface area contributed by atoms with Gasteiger partial charge in [0.15, 0.2) is 16.8 Å². The Labute approximate surface area is 208 Å². The van der Waals surface area contributed by atoms with Crippen LogP contribution in [0.1, 0.15) is 12.5 Å². The van der Waals surface area contributed by atoms with Crippen LogP contribution in [0.3, 0.4) is 0 Å². The molecule has 1 amide bonds. The van der Waals surface area contributed by atoms with Crippen LogP contribution < -0.4 is 10.1 Å². The minimum Gasteiger partial charge on any atom is -0.496 e. The summed E-state index contributed by atoms with van der Waals surface area (Å²) in [5, 5.41) is 12.2. The van der Waals surface area contributed by atoms with Crippen molar-refractivity contribution in [3.05, 3.63) is 90.5 Å². The van der Waals surface area contributed by atoms with Crippen LogP contribution in [0.15, 0.2) is 90.1 Å². The molecule has 1 unspecified atom stereocenters. The van der Waals surface area contributed by atoms with E-state index in [0.29, 0.717) is 23.2 Å². The number of nitrogens with zero attached hydrogens (tertiary/aromatic N) is 3. The molecule has 0 aliphatic heterocycles. The fraction of sp³-hybridized carbons (Fsp3) is 0.185. The van der Waals surface area contributed by atoms with Gasteiger partial charge in [0, 0.05) is 5.69 Å². The maximum absolute atomic E-state index is 12.8. The Kier molecular flexibility index (Phi) is 7.95. The van der Waals surface area contributed by atoms with Crippen LogP contribution in [0.4, 0.5) is 0 Å². The normalized spacial score (nSPS) is 11.6. The number of para-hydroxylation sites is 2. The molecule has 0 saturated heterocycles. The third-order valence-corrected chi connectivity index (χ3v) is 6.37. The highest BCUT2D eigenvalue weighted by Crippen LogP contribution is 2.33. The average Bonchev–Trinajstić information content (AvgIpc) is 3.32. The first-order valence-corrected chi connectivity index (χ1v) is 12.2. The van der Waals surface area contributed by atoms with Crippen molar-refractivity contribution in [2.45, 2.75) is 24.5 Å². The van der Waals surface area contributed by atoms with Gasteiger partial charge in [0.25, 0.3) is 0 Å². The van der Waals surface area contributed by atoms with E-state index in [4.69, 9.17) is 4.74 Å². The number of amides is 1. The molecular formula is C27H26N4O3S. The monoisotopic (exact) mass is 486 g/mol. The van der Waals surface area contributed by atoms with E-state index in [-0.39, 0.29) is 17.4 Å². The lowest BCUT2D eigenvalue weighted by atomic mass is 10.0. The number of nitrogens with one attached hydrogen (secondary N) is 1. The molecule has 4 aromatic rings. The molecule has 3 aromatic carbocycles. The summed E-state index contributed by atoms with van der Waals surface area (Å²) in [7, 11) is 1.61. The summed E-state index contributed by atoms with van der Waals surface area (Å²) in [5.41, 5.74) is 2.65. The summed E-state index contributed by atoms with van der Waals surface area (Å²) >= 11 is 1.26. The SMILES string of the molecule is COc1ccccc1-c1nnc(SCC(=O)NC(Cc2ccccc2)C(C)=O)n1-c1ccccc1. The lowest BCUT2D eigenvalue weighted by Crippen LogP contribution is -2.42. The molecule has 0 aliphatic rings. The number of Topliss-reactive ketones (excluding diaryl/α,β-unsaturated/α-hetero) is 1. The molecule has 0 bridgehead atoms. The van der Waals surface area contributed by atoms with Crippen molar-refractivity contribution in [1.29, 1.82) is 0 Å². The molecule has 1 atom stereocenters. The van der Waals surface area contributed by atoms with E-state index >= 15 is 0 Å². The van der Waals surface area contributed by atoms with Crippen LogP contribution in [0.25, 0.3) is 17.1 Å². The van der Waals surface area contributed by atoms with Crippen LogP contribution in [-0.2, 0) is 16.0 Å². The van der Waals surface area contributed by atoms with Crippen LogP contribution in [0.2, 0.25) is 0 Å². The summed E-state index contributed by atoms with van der Waals surface area (Å²) in [6.07, 6.45) is 0.449. The lowest BCUT2D eigenvalue weighted by molar-refractivity contribution is -0.125. The van der Waals surface area contributed by atoms with Crippen LogP contribution in [-0.4, -0.2) is 45.4 Å². The molecule has 178 valence electrons. The molecule has 0 aliphatic carbocycles. The van der Waals surface area contributed by atoms with E-state index in [2.05, 4.69) is 15.5 Å². The molecule has 0 radical (unpaired) electrons. The highest BCUT2D eigenvalue weighted by molar-refractivity contribution is 7.99. The summed E-state index contributed by atoms with van der Waals surface area (Å²) in [6.45, 7) is 1.49. The van der Waals surface area contributed by atoms with Crippen molar-refractivity contribution >= 4 is 23.5 Å². The molecule has 4 rings (SSSR count). The minimum atomic E-state index is -0.582. The maximum atomic E-state index is 12.8. The quantitative estimate of drug-likeness (QED) is 0.336. The number of thioether (sulfide) groups is 1. The van der Waals surface area contributed by atoms with Gasteiger partial charge in [-0.3, -0.25) is 14.2 Å². The maximum Gasteiger partial charge on any atom is 0.231 e. The van der Waals surface area contributed by atoms with Gasteiger partial charge in [-0.25, -0.2) is 0 Å². The van der Waals surface area contributed by atoms with E-state index in [9.17, 15) is 9.59 Å². The predicted molar refractivity (Wildman–Crippen MR) is 137 cm³/mol. The Balaban J connectivity index is 1.55. The number of hydrogen-bond donors (Lipinski definition) is 1. The number of ketones is 1. The van der Waals surface area contributed by atoms with Gasteiger partial charge >= 0.3 is 0 Å². The van der Waals surface area contributed by atoms with Crippen molar-refractivity contribution in [3.8, 4) is 22.8 Å². The van der Waals surface area contributed by atoms with Gasteiger partial charge in [-0.05, 0) is 43.2 Å². The van der Waals surface area contributed by atoms with Gasteiger partial charge in [-0.1, -0.05) is 72.4 Å². The molecule has 1 N–H and O–H groups in total. The highest BCUT2D eigenvalue weighted by Gasteiger charge is 2.21. The molecular weight excluding hydrogens is 460 g/mol. The molecule has 8 heteroatoms. The molecule has 0 fully saturated rings. The van der Waals surface area contributed by atoms with E-state index in [1.807, 2.05) is 89.5 Å². The predicted octanol–water partition coefficient (Wildman–Crippen LogP) is 4.35. The fourth-order valence-electron chi connectivity index (χ4n) is 3.69. The summed E-state index contributed by atoms with van der Waals surface area (Å²) < 4.78 is 7.43. The first kappa shape index (κ1) is 24.2. The zero-order chi connectivity index (χ0) is 24.6. The van der Waals surface area contributed by atoms with Gasteiger partial charge in [-0.15, -0.1) is 10.2 Å². The first-order chi connectivity index (χ1) is 17.1. The molecule has 0 saturated carbocycles. The zero-order valence-electron chi connectivity index (χ0n) is 19.5. The Hall–Kier alpha value is -3.91. The molecule has 7 nitrogen and oxygen atoms in total. The molecule has 35 heavy (non-hydrogen) atoms. The number of carbonyl (C=O) groups excluding carboxylic acids is 2. The lowest BCUT2D eigenvalue weighted by Gasteiger charge is -2.16. The van der Waals surface area contributed by atoms with Crippen molar-refractivity contribution in [2.24, 2.45) is 0 Å². The standard InChI is InChI=1S/C27H26N4O3S/c1-19(32)23(17-20-11-5-3-6-12-20)28-25(33)18-35-27-30-29-26(22-15-9-10-16-24(22)34-2)31(27)21-13-7-4-8-14-21/h3-16,23H,17-18H2,1-2H3,(H,28,33). The number of ether oxygens (including phenoxy) is 1. The van der Waals surface area contributed by atoms with Crippen LogP contribution >= 0.6 is 11.8 Å². The smallest absolute Gasteiger partial charge is 0.231 e. The third kappa shape index (κ3) is 5.96. The first-order valence-electron chi connectivity index (χ1n) is 11.2. The van der Waals surface area contributed by atoms with Crippen molar-refractivity contribution < 1.29 is 14.3 Å². The number of aromatic nitrogens is 3. The Morgan fingerprint density at radius 3 is 2.29 bits per heavy atom. The number of hydrogen-bond acceptors (Lipinski definition) is 6. The second kappa shape index (κ2) is 11.5. The van der Waals surface area contributed by atoms with Crippen molar-refractivity contribution in [3.63, 3.8) is 0 Å². The van der Waals surface area contributed by atoms with Gasteiger partial charge in [0.05, 0.1) is 24.5 Å². The van der Waals surface area contributed by atoms with Crippen LogP contribution in [0, 0.1) is 0 Å². The largest absolute Gasteiger partial charge is 0.496 e. The number of rotatable bonds is 10. The highest BCUT2D eigenvalue weighted by atomic mass is 32.2. The average molecular weight is 487 g/mol. The van der Waals surface area contributed by atoms with E-state index in [1.165, 1.54) is 18.7 Å². The zero-order valence-corrected chi connectivity index (χ0v) is 20.4. The second-order valence-electron chi connectivity index (χ2n) is 7.89. The van der Waals surface area contributed by atoms with E-state index in [1.54, 1.807) is 7.11 Å². The van der Waals surface area contributed by atoms with Crippen molar-refractivity contribution in [1.82, 2.24) is 20.1 Å². The summed E-state index contributed by atoms with van der Waals surface area (Å²) in [6, 6.07) is 26.4. The summed E-state index contributed by atoms with van der Waals surface area (Å²) in [5.74, 6) is 1.06. The van der Waals surface area contributed by atoms with Gasteiger partial charge in [0.2, 0.25) is 5.91 Å². The minimum absolute atomic E-state index is 0.0851.